The van der Waals surface area contributed by atoms with Crippen LogP contribution in [0.4, 0.5) is 5.82 Å². The van der Waals surface area contributed by atoms with Crippen molar-refractivity contribution in [3.05, 3.63) is 98.6 Å². The highest BCUT2D eigenvalue weighted by molar-refractivity contribution is 6.31. The number of benzene rings is 2. The normalized spacial score (nSPS) is 15.6. The molecule has 0 radical (unpaired) electrons. The molecule has 0 saturated carbocycles. The van der Waals surface area contributed by atoms with E-state index >= 15 is 0 Å². The minimum absolute atomic E-state index is 0. The summed E-state index contributed by atoms with van der Waals surface area (Å²) in [5.74, 6) is 0.780. The topological polar surface area (TPSA) is 92.3 Å². The van der Waals surface area contributed by atoms with E-state index in [1.165, 1.54) is 0 Å². The Bertz CT molecular complexity index is 1450. The standard InChI is InChI=1S/C26H25ClN6O.ClH/c27-23-10-4-3-6-18(23)14-22-24-26(34)32(16-20-8-2-1-7-19(20)15-28)12-13-33(24)30-25(22)31-11-5-9-21(29)17-31;/h1-4,6-8,10,12-13,21H,5,9,11,14,16-17,29H2;1H/t21-;/m1./s1. The van der Waals surface area contributed by atoms with Crippen LogP contribution in [0.1, 0.15) is 35.1 Å². The number of anilines is 1. The Balaban J connectivity index is 0.00000289. The molecular weight excluding hydrogens is 483 g/mol. The van der Waals surface area contributed by atoms with Crippen molar-refractivity contribution in [2.45, 2.75) is 31.8 Å². The molecule has 180 valence electrons. The number of nitrogens with two attached hydrogens (primary N) is 1. The lowest BCUT2D eigenvalue weighted by Crippen LogP contribution is -2.43. The quantitative estimate of drug-likeness (QED) is 0.439. The molecule has 0 aliphatic carbocycles. The van der Waals surface area contributed by atoms with E-state index in [0.29, 0.717) is 35.6 Å². The average molecular weight is 509 g/mol. The number of hydrogen-bond donors (Lipinski definition) is 1. The van der Waals surface area contributed by atoms with Gasteiger partial charge in [-0.1, -0.05) is 48.0 Å². The monoisotopic (exact) mass is 508 g/mol. The van der Waals surface area contributed by atoms with Crippen molar-refractivity contribution in [3.8, 4) is 6.07 Å². The van der Waals surface area contributed by atoms with Crippen LogP contribution in [0.3, 0.4) is 0 Å². The second kappa shape index (κ2) is 10.5. The fourth-order valence-electron chi connectivity index (χ4n) is 4.67. The lowest BCUT2D eigenvalue weighted by Gasteiger charge is -2.31. The van der Waals surface area contributed by atoms with E-state index in [1.807, 2.05) is 42.5 Å². The summed E-state index contributed by atoms with van der Waals surface area (Å²) in [5.41, 5.74) is 9.76. The molecule has 0 unspecified atom stereocenters. The van der Waals surface area contributed by atoms with Gasteiger partial charge < -0.3 is 15.2 Å². The summed E-state index contributed by atoms with van der Waals surface area (Å²) >= 11 is 6.49. The predicted octanol–water partition coefficient (Wildman–Crippen LogP) is 4.01. The first-order valence-corrected chi connectivity index (χ1v) is 11.8. The largest absolute Gasteiger partial charge is 0.353 e. The van der Waals surface area contributed by atoms with Crippen LogP contribution in [-0.2, 0) is 13.0 Å². The van der Waals surface area contributed by atoms with Crippen LogP contribution in [0.5, 0.6) is 0 Å². The second-order valence-electron chi connectivity index (χ2n) is 8.71. The number of hydrogen-bond acceptors (Lipinski definition) is 5. The van der Waals surface area contributed by atoms with E-state index in [2.05, 4.69) is 11.0 Å². The summed E-state index contributed by atoms with van der Waals surface area (Å²) in [4.78, 5) is 15.9. The Morgan fingerprint density at radius 3 is 2.60 bits per heavy atom. The zero-order valence-corrected chi connectivity index (χ0v) is 20.7. The Labute approximate surface area is 214 Å². The van der Waals surface area contributed by atoms with Crippen molar-refractivity contribution in [2.24, 2.45) is 5.73 Å². The van der Waals surface area contributed by atoms with Gasteiger partial charge in [0.1, 0.15) is 5.52 Å². The smallest absolute Gasteiger partial charge is 0.277 e. The Morgan fingerprint density at radius 1 is 1.11 bits per heavy atom. The molecule has 1 atom stereocenters. The van der Waals surface area contributed by atoms with Gasteiger partial charge in [0, 0.05) is 48.5 Å². The summed E-state index contributed by atoms with van der Waals surface area (Å²) in [6, 6.07) is 17.3. The Hall–Kier alpha value is -3.31. The van der Waals surface area contributed by atoms with E-state index < -0.39 is 0 Å². The van der Waals surface area contributed by atoms with Crippen LogP contribution >= 0.6 is 24.0 Å². The molecule has 9 heteroatoms. The lowest BCUT2D eigenvalue weighted by atomic mass is 10.0. The second-order valence-corrected chi connectivity index (χ2v) is 9.12. The molecule has 7 nitrogen and oxygen atoms in total. The highest BCUT2D eigenvalue weighted by Crippen LogP contribution is 2.29. The van der Waals surface area contributed by atoms with E-state index in [9.17, 15) is 10.1 Å². The number of aromatic nitrogens is 3. The SMILES string of the molecule is Cl.N#Cc1ccccc1Cn1ccn2nc(N3CCC[C@@H](N)C3)c(Cc3ccccc3Cl)c2c1=O. The molecule has 3 heterocycles. The highest BCUT2D eigenvalue weighted by atomic mass is 35.5. The van der Waals surface area contributed by atoms with Gasteiger partial charge in [-0.25, -0.2) is 4.52 Å². The van der Waals surface area contributed by atoms with Gasteiger partial charge in [-0.3, -0.25) is 4.79 Å². The molecule has 1 saturated heterocycles. The molecule has 0 spiro atoms. The zero-order chi connectivity index (χ0) is 23.7. The Morgan fingerprint density at radius 2 is 1.86 bits per heavy atom. The number of nitriles is 1. The summed E-state index contributed by atoms with van der Waals surface area (Å²) in [7, 11) is 0. The van der Waals surface area contributed by atoms with Crippen molar-refractivity contribution in [3.63, 3.8) is 0 Å². The first-order chi connectivity index (χ1) is 16.5. The molecule has 1 fully saturated rings. The predicted molar refractivity (Wildman–Crippen MR) is 141 cm³/mol. The first-order valence-electron chi connectivity index (χ1n) is 11.4. The number of piperidine rings is 1. The van der Waals surface area contributed by atoms with E-state index in [0.717, 1.165) is 41.9 Å². The minimum atomic E-state index is -0.155. The average Bonchev–Trinajstić information content (AvgIpc) is 3.21. The van der Waals surface area contributed by atoms with E-state index in [-0.39, 0.29) is 24.0 Å². The molecule has 1 aliphatic heterocycles. The van der Waals surface area contributed by atoms with Crippen LogP contribution in [0.15, 0.2) is 65.7 Å². The zero-order valence-electron chi connectivity index (χ0n) is 19.1. The van der Waals surface area contributed by atoms with Crippen molar-refractivity contribution in [1.82, 2.24) is 14.2 Å². The Kier molecular flexibility index (Phi) is 7.46. The maximum atomic E-state index is 13.7. The number of fused-ring (bicyclic) bond motifs is 1. The summed E-state index contributed by atoms with van der Waals surface area (Å²) in [5, 5.41) is 14.9. The minimum Gasteiger partial charge on any atom is -0.353 e. The van der Waals surface area contributed by atoms with Crippen LogP contribution < -0.4 is 16.2 Å². The summed E-state index contributed by atoms with van der Waals surface area (Å²) < 4.78 is 3.30. The van der Waals surface area contributed by atoms with Gasteiger partial charge in [-0.2, -0.15) is 5.26 Å². The van der Waals surface area contributed by atoms with Gasteiger partial charge in [0.15, 0.2) is 5.82 Å². The molecule has 1 aliphatic rings. The van der Waals surface area contributed by atoms with Gasteiger partial charge in [-0.15, -0.1) is 17.5 Å². The van der Waals surface area contributed by atoms with Gasteiger partial charge in [0.25, 0.3) is 5.56 Å². The summed E-state index contributed by atoms with van der Waals surface area (Å²) in [6.07, 6.45) is 5.97. The van der Waals surface area contributed by atoms with Crippen LogP contribution in [0, 0.1) is 11.3 Å². The van der Waals surface area contributed by atoms with Crippen LogP contribution in [0.2, 0.25) is 5.02 Å². The molecule has 0 amide bonds. The van der Waals surface area contributed by atoms with Crippen molar-refractivity contribution in [1.29, 1.82) is 5.26 Å². The van der Waals surface area contributed by atoms with E-state index in [4.69, 9.17) is 22.4 Å². The molecule has 2 aromatic carbocycles. The number of halogens is 2. The van der Waals surface area contributed by atoms with Crippen molar-refractivity contribution >= 4 is 35.3 Å². The fraction of sp³-hybridized carbons (Fsp3) is 0.269. The number of nitrogens with zero attached hydrogens (tertiary/aromatic N) is 5. The summed E-state index contributed by atoms with van der Waals surface area (Å²) in [6.45, 7) is 1.85. The number of rotatable bonds is 5. The van der Waals surface area contributed by atoms with Gasteiger partial charge in [0.2, 0.25) is 0 Å². The molecule has 2 N–H and O–H groups in total. The van der Waals surface area contributed by atoms with E-state index in [1.54, 1.807) is 27.5 Å². The molecule has 0 bridgehead atoms. The molecular formula is C26H26Cl2N6O. The lowest BCUT2D eigenvalue weighted by molar-refractivity contribution is 0.502. The molecule has 4 aromatic rings. The fourth-order valence-corrected chi connectivity index (χ4v) is 4.87. The van der Waals surface area contributed by atoms with Crippen molar-refractivity contribution in [2.75, 3.05) is 18.0 Å². The first kappa shape index (κ1) is 24.8. The molecule has 2 aromatic heterocycles. The third-order valence-electron chi connectivity index (χ3n) is 6.40. The maximum Gasteiger partial charge on any atom is 0.277 e. The van der Waals surface area contributed by atoms with Gasteiger partial charge >= 0.3 is 0 Å². The van der Waals surface area contributed by atoms with Crippen LogP contribution in [-0.4, -0.2) is 33.3 Å². The molecule has 5 rings (SSSR count). The highest BCUT2D eigenvalue weighted by Gasteiger charge is 2.26. The third-order valence-corrected chi connectivity index (χ3v) is 6.77. The van der Waals surface area contributed by atoms with Crippen molar-refractivity contribution < 1.29 is 0 Å². The third kappa shape index (κ3) is 4.92. The van der Waals surface area contributed by atoms with Crippen LogP contribution in [0.25, 0.3) is 5.52 Å². The van der Waals surface area contributed by atoms with Gasteiger partial charge in [0.05, 0.1) is 18.2 Å². The maximum absolute atomic E-state index is 13.7. The van der Waals surface area contributed by atoms with Gasteiger partial charge in [-0.05, 0) is 36.1 Å². The molecule has 35 heavy (non-hydrogen) atoms.